The van der Waals surface area contributed by atoms with Crippen molar-refractivity contribution in [1.29, 1.82) is 0 Å². The van der Waals surface area contributed by atoms with Gasteiger partial charge in [-0.15, -0.1) is 0 Å². The predicted molar refractivity (Wildman–Crippen MR) is 124 cm³/mol. The van der Waals surface area contributed by atoms with E-state index in [-0.39, 0.29) is 29.0 Å². The highest BCUT2D eigenvalue weighted by Crippen LogP contribution is 2.30. The molecule has 2 atom stereocenters. The second kappa shape index (κ2) is 9.74. The van der Waals surface area contributed by atoms with Crippen LogP contribution >= 0.6 is 0 Å². The highest BCUT2D eigenvalue weighted by atomic mass is 32.2. The van der Waals surface area contributed by atoms with Crippen LogP contribution in [0.3, 0.4) is 0 Å². The van der Waals surface area contributed by atoms with Crippen LogP contribution in [0.1, 0.15) is 48.7 Å². The number of hydrogen-bond acceptors (Lipinski definition) is 5. The first kappa shape index (κ1) is 24.4. The van der Waals surface area contributed by atoms with Crippen LogP contribution in [-0.4, -0.2) is 54.0 Å². The summed E-state index contributed by atoms with van der Waals surface area (Å²) in [6.07, 6.45) is 0.725. The van der Waals surface area contributed by atoms with Gasteiger partial charge in [-0.05, 0) is 44.9 Å². The van der Waals surface area contributed by atoms with Gasteiger partial charge in [-0.25, -0.2) is 12.7 Å². The Morgan fingerprint density at radius 2 is 1.79 bits per heavy atom. The largest absolute Gasteiger partial charge is 0.352 e. The van der Waals surface area contributed by atoms with Crippen LogP contribution in [0.25, 0.3) is 0 Å². The normalized spacial score (nSPS) is 16.1. The Balaban J connectivity index is 1.89. The summed E-state index contributed by atoms with van der Waals surface area (Å²) >= 11 is 0. The van der Waals surface area contributed by atoms with E-state index in [1.165, 1.54) is 23.1 Å². The summed E-state index contributed by atoms with van der Waals surface area (Å²) in [6.45, 7) is 6.74. The number of benzene rings is 2. The number of rotatable bonds is 8. The molecule has 2 aromatic carbocycles. The molecule has 0 fully saturated rings. The van der Waals surface area contributed by atoms with Crippen molar-refractivity contribution in [3.8, 4) is 0 Å². The number of carbonyl (C=O) groups is 3. The lowest BCUT2D eigenvalue weighted by atomic mass is 10.1. The van der Waals surface area contributed by atoms with E-state index in [4.69, 9.17) is 0 Å². The van der Waals surface area contributed by atoms with E-state index in [1.807, 2.05) is 45.0 Å². The van der Waals surface area contributed by atoms with Crippen molar-refractivity contribution in [1.82, 2.24) is 14.5 Å². The molecule has 0 bridgehead atoms. The zero-order valence-electron chi connectivity index (χ0n) is 19.2. The summed E-state index contributed by atoms with van der Waals surface area (Å²) in [4.78, 5) is 40.1. The molecule has 2 aromatic rings. The Hall–Kier alpha value is -3.20. The molecular formula is C24H29N3O5S. The van der Waals surface area contributed by atoms with E-state index in [0.717, 1.165) is 17.5 Å². The third-order valence-electron chi connectivity index (χ3n) is 5.79. The van der Waals surface area contributed by atoms with E-state index in [0.29, 0.717) is 4.31 Å². The molecule has 0 radical (unpaired) electrons. The maximum atomic E-state index is 13.4. The van der Waals surface area contributed by atoms with Crippen molar-refractivity contribution in [2.75, 3.05) is 6.54 Å². The summed E-state index contributed by atoms with van der Waals surface area (Å²) < 4.78 is 26.4. The average Bonchev–Trinajstić information content (AvgIpc) is 2.97. The first-order valence-corrected chi connectivity index (χ1v) is 12.3. The third-order valence-corrected chi connectivity index (χ3v) is 7.58. The summed E-state index contributed by atoms with van der Waals surface area (Å²) in [5.41, 5.74) is 1.83. The molecule has 33 heavy (non-hydrogen) atoms. The lowest BCUT2D eigenvalue weighted by Gasteiger charge is -2.31. The van der Waals surface area contributed by atoms with Crippen LogP contribution in [0.2, 0.25) is 0 Å². The zero-order valence-corrected chi connectivity index (χ0v) is 20.1. The standard InChI is InChI=1S/C24H29N3O5S/c1-5-17(3)25-23(29)18(4)26(14-19-10-8-9-16(2)13-19)22(28)15-27-24(30)20-11-6-7-12-21(20)33(27,31)32/h6-13,17-18H,5,14-15H2,1-4H3,(H,25,29)/t17-,18-/m1/s1. The topological polar surface area (TPSA) is 104 Å². The Bertz CT molecular complexity index is 1180. The molecule has 1 N–H and O–H groups in total. The minimum Gasteiger partial charge on any atom is -0.352 e. The van der Waals surface area contributed by atoms with E-state index in [9.17, 15) is 22.8 Å². The number of amides is 3. The molecule has 0 spiro atoms. The first-order chi connectivity index (χ1) is 15.6. The van der Waals surface area contributed by atoms with Crippen LogP contribution in [-0.2, 0) is 26.2 Å². The van der Waals surface area contributed by atoms with Gasteiger partial charge < -0.3 is 10.2 Å². The number of hydrogen-bond donors (Lipinski definition) is 1. The summed E-state index contributed by atoms with van der Waals surface area (Å²) in [5.74, 6) is -1.72. The van der Waals surface area contributed by atoms with Gasteiger partial charge in [0, 0.05) is 12.6 Å². The zero-order chi connectivity index (χ0) is 24.3. The molecule has 1 aliphatic heterocycles. The quantitative estimate of drug-likeness (QED) is 0.637. The fourth-order valence-electron chi connectivity index (χ4n) is 3.66. The summed E-state index contributed by atoms with van der Waals surface area (Å²) in [5, 5.41) is 2.86. The minimum absolute atomic E-state index is 0.0399. The monoisotopic (exact) mass is 471 g/mol. The number of nitrogens with zero attached hydrogens (tertiary/aromatic N) is 2. The van der Waals surface area contributed by atoms with Gasteiger partial charge in [0.2, 0.25) is 11.8 Å². The first-order valence-electron chi connectivity index (χ1n) is 10.9. The van der Waals surface area contributed by atoms with Crippen LogP contribution < -0.4 is 5.32 Å². The minimum atomic E-state index is -4.14. The molecule has 0 unspecified atom stereocenters. The Kier molecular flexibility index (Phi) is 7.22. The maximum absolute atomic E-state index is 13.4. The summed E-state index contributed by atoms with van der Waals surface area (Å²) in [7, 11) is -4.14. The third kappa shape index (κ3) is 5.08. The highest BCUT2D eigenvalue weighted by Gasteiger charge is 2.43. The van der Waals surface area contributed by atoms with E-state index >= 15 is 0 Å². The number of fused-ring (bicyclic) bond motifs is 1. The van der Waals surface area contributed by atoms with Gasteiger partial charge in [0.25, 0.3) is 15.9 Å². The van der Waals surface area contributed by atoms with E-state index in [1.54, 1.807) is 13.0 Å². The van der Waals surface area contributed by atoms with Crippen molar-refractivity contribution in [3.63, 3.8) is 0 Å². The summed E-state index contributed by atoms with van der Waals surface area (Å²) in [6, 6.07) is 12.4. The van der Waals surface area contributed by atoms with Crippen molar-refractivity contribution >= 4 is 27.7 Å². The number of carbonyl (C=O) groups excluding carboxylic acids is 3. The Labute approximate surface area is 194 Å². The highest BCUT2D eigenvalue weighted by molar-refractivity contribution is 7.90. The molecule has 3 rings (SSSR count). The van der Waals surface area contributed by atoms with Gasteiger partial charge in [-0.3, -0.25) is 14.4 Å². The molecule has 9 heteroatoms. The molecule has 176 valence electrons. The Morgan fingerprint density at radius 1 is 1.09 bits per heavy atom. The van der Waals surface area contributed by atoms with Gasteiger partial charge in [0.05, 0.1) is 5.56 Å². The smallest absolute Gasteiger partial charge is 0.269 e. The molecule has 3 amide bonds. The van der Waals surface area contributed by atoms with Gasteiger partial charge in [0.1, 0.15) is 17.5 Å². The second-order valence-corrected chi connectivity index (χ2v) is 10.1. The fraction of sp³-hybridized carbons (Fsp3) is 0.375. The molecule has 0 aromatic heterocycles. The molecule has 0 saturated carbocycles. The van der Waals surface area contributed by atoms with Crippen LogP contribution in [0.4, 0.5) is 0 Å². The van der Waals surface area contributed by atoms with Gasteiger partial charge >= 0.3 is 0 Å². The van der Waals surface area contributed by atoms with Crippen LogP contribution in [0, 0.1) is 6.92 Å². The van der Waals surface area contributed by atoms with Crippen molar-refractivity contribution in [3.05, 3.63) is 65.2 Å². The SMILES string of the molecule is CC[C@@H](C)NC(=O)[C@@H](C)N(Cc1cccc(C)c1)C(=O)CN1C(=O)c2ccccc2S1(=O)=O. The average molecular weight is 472 g/mol. The molecule has 8 nitrogen and oxygen atoms in total. The molecule has 0 aliphatic carbocycles. The number of nitrogens with one attached hydrogen (secondary N) is 1. The lowest BCUT2D eigenvalue weighted by molar-refractivity contribution is -0.140. The van der Waals surface area contributed by atoms with Crippen molar-refractivity contribution in [2.24, 2.45) is 0 Å². The number of sulfonamides is 1. The van der Waals surface area contributed by atoms with Gasteiger partial charge in [-0.1, -0.05) is 48.9 Å². The van der Waals surface area contributed by atoms with Crippen LogP contribution in [0.15, 0.2) is 53.4 Å². The van der Waals surface area contributed by atoms with Crippen molar-refractivity contribution < 1.29 is 22.8 Å². The van der Waals surface area contributed by atoms with E-state index < -0.39 is 34.4 Å². The van der Waals surface area contributed by atoms with Gasteiger partial charge in [-0.2, -0.15) is 0 Å². The predicted octanol–water partition coefficient (Wildman–Crippen LogP) is 2.47. The molecular weight excluding hydrogens is 442 g/mol. The molecule has 1 heterocycles. The Morgan fingerprint density at radius 3 is 2.42 bits per heavy atom. The number of aryl methyl sites for hydroxylation is 1. The lowest BCUT2D eigenvalue weighted by Crippen LogP contribution is -2.52. The molecule has 0 saturated heterocycles. The van der Waals surface area contributed by atoms with Gasteiger partial charge in [0.15, 0.2) is 0 Å². The second-order valence-electron chi connectivity index (χ2n) is 8.32. The van der Waals surface area contributed by atoms with Crippen molar-refractivity contribution in [2.45, 2.75) is 57.6 Å². The fourth-order valence-corrected chi connectivity index (χ4v) is 5.17. The molecule has 1 aliphatic rings. The van der Waals surface area contributed by atoms with Crippen LogP contribution in [0.5, 0.6) is 0 Å². The maximum Gasteiger partial charge on any atom is 0.269 e. The van der Waals surface area contributed by atoms with E-state index in [2.05, 4.69) is 5.32 Å².